The molecule has 0 spiro atoms. The zero-order chi connectivity index (χ0) is 14.4. The number of aromatic amines is 1. The van der Waals surface area contributed by atoms with E-state index < -0.39 is 5.91 Å². The summed E-state index contributed by atoms with van der Waals surface area (Å²) in [6.07, 6.45) is 4.61. The maximum atomic E-state index is 12.0. The fourth-order valence-corrected chi connectivity index (χ4v) is 1.74. The number of H-pyrrole nitrogens is 1. The SMILES string of the molecule is CC(NC(=O)C(C#N)=Cc1ncc[nH]1)c1ccccc1. The molecule has 0 aliphatic rings. The highest BCUT2D eigenvalue weighted by atomic mass is 16.1. The Labute approximate surface area is 117 Å². The lowest BCUT2D eigenvalue weighted by Gasteiger charge is -2.13. The second-order valence-electron chi connectivity index (χ2n) is 4.25. The molecule has 2 rings (SSSR count). The number of rotatable bonds is 4. The maximum absolute atomic E-state index is 12.0. The Morgan fingerprint density at radius 2 is 2.20 bits per heavy atom. The predicted molar refractivity (Wildman–Crippen MR) is 75.2 cm³/mol. The number of nitriles is 1. The van der Waals surface area contributed by atoms with Crippen LogP contribution in [0.25, 0.3) is 6.08 Å². The smallest absolute Gasteiger partial charge is 0.262 e. The number of benzene rings is 1. The minimum absolute atomic E-state index is 0.0164. The molecule has 0 saturated carbocycles. The molecule has 2 aromatic rings. The summed E-state index contributed by atoms with van der Waals surface area (Å²) in [7, 11) is 0. The first kappa shape index (κ1) is 13.6. The van der Waals surface area contributed by atoms with Crippen molar-refractivity contribution in [3.63, 3.8) is 0 Å². The van der Waals surface area contributed by atoms with Crippen LogP contribution >= 0.6 is 0 Å². The van der Waals surface area contributed by atoms with Crippen LogP contribution in [0.5, 0.6) is 0 Å². The zero-order valence-electron chi connectivity index (χ0n) is 11.0. The fraction of sp³-hybridized carbons (Fsp3) is 0.133. The van der Waals surface area contributed by atoms with Gasteiger partial charge in [0.25, 0.3) is 5.91 Å². The highest BCUT2D eigenvalue weighted by molar-refractivity contribution is 6.01. The number of nitrogens with one attached hydrogen (secondary N) is 2. The van der Waals surface area contributed by atoms with Crippen molar-refractivity contribution >= 4 is 12.0 Å². The Balaban J connectivity index is 2.09. The lowest BCUT2D eigenvalue weighted by molar-refractivity contribution is -0.117. The molecule has 2 N–H and O–H groups in total. The van der Waals surface area contributed by atoms with E-state index in [1.807, 2.05) is 43.3 Å². The number of aromatic nitrogens is 2. The molecule has 1 unspecified atom stereocenters. The second kappa shape index (κ2) is 6.34. The van der Waals surface area contributed by atoms with Crippen molar-refractivity contribution in [2.75, 3.05) is 0 Å². The predicted octanol–water partition coefficient (Wildman–Crippen LogP) is 2.19. The third-order valence-corrected chi connectivity index (χ3v) is 2.81. The quantitative estimate of drug-likeness (QED) is 0.657. The number of hydrogen-bond acceptors (Lipinski definition) is 3. The van der Waals surface area contributed by atoms with E-state index in [-0.39, 0.29) is 11.6 Å². The minimum atomic E-state index is -0.416. The van der Waals surface area contributed by atoms with Gasteiger partial charge in [0.1, 0.15) is 17.5 Å². The molecule has 0 aliphatic carbocycles. The first-order valence-electron chi connectivity index (χ1n) is 6.17. The highest BCUT2D eigenvalue weighted by Gasteiger charge is 2.13. The molecule has 0 fully saturated rings. The van der Waals surface area contributed by atoms with Crippen molar-refractivity contribution in [2.24, 2.45) is 0 Å². The van der Waals surface area contributed by atoms with E-state index in [2.05, 4.69) is 15.3 Å². The Hall–Kier alpha value is -2.87. The van der Waals surface area contributed by atoms with Gasteiger partial charge in [-0.05, 0) is 12.5 Å². The molecule has 1 heterocycles. The molecule has 5 heteroatoms. The largest absolute Gasteiger partial charge is 0.345 e. The highest BCUT2D eigenvalue weighted by Crippen LogP contribution is 2.12. The van der Waals surface area contributed by atoms with Gasteiger partial charge in [-0.2, -0.15) is 5.26 Å². The summed E-state index contributed by atoms with van der Waals surface area (Å²) >= 11 is 0. The van der Waals surface area contributed by atoms with Gasteiger partial charge < -0.3 is 10.3 Å². The summed E-state index contributed by atoms with van der Waals surface area (Å²) in [5.74, 6) is 0.0596. The third-order valence-electron chi connectivity index (χ3n) is 2.81. The molecular formula is C15H14N4O. The molecule has 100 valence electrons. The molecule has 1 amide bonds. The monoisotopic (exact) mass is 266 g/mol. The number of carbonyl (C=O) groups is 1. The van der Waals surface area contributed by atoms with Crippen LogP contribution in [0.2, 0.25) is 0 Å². The summed E-state index contributed by atoms with van der Waals surface area (Å²) < 4.78 is 0. The molecular weight excluding hydrogens is 252 g/mol. The molecule has 1 aromatic carbocycles. The van der Waals surface area contributed by atoms with Crippen LogP contribution in [-0.2, 0) is 4.79 Å². The van der Waals surface area contributed by atoms with Gasteiger partial charge in [-0.25, -0.2) is 4.98 Å². The summed E-state index contributed by atoms with van der Waals surface area (Å²) in [5, 5.41) is 11.8. The standard InChI is InChI=1S/C15H14N4O/c1-11(12-5-3-2-4-6-12)19-15(20)13(10-16)9-14-17-7-8-18-14/h2-9,11H,1H3,(H,17,18)(H,19,20). The van der Waals surface area contributed by atoms with Crippen molar-refractivity contribution in [1.82, 2.24) is 15.3 Å². The minimum Gasteiger partial charge on any atom is -0.345 e. The van der Waals surface area contributed by atoms with E-state index in [4.69, 9.17) is 5.26 Å². The number of hydrogen-bond donors (Lipinski definition) is 2. The van der Waals surface area contributed by atoms with Crippen molar-refractivity contribution in [3.05, 3.63) is 59.7 Å². The van der Waals surface area contributed by atoms with Crippen LogP contribution in [0, 0.1) is 11.3 Å². The first-order chi connectivity index (χ1) is 9.70. The third kappa shape index (κ3) is 3.33. The normalized spacial score (nSPS) is 12.5. The van der Waals surface area contributed by atoms with Crippen LogP contribution in [0.4, 0.5) is 0 Å². The molecule has 0 radical (unpaired) electrons. The van der Waals surface area contributed by atoms with Gasteiger partial charge >= 0.3 is 0 Å². The van der Waals surface area contributed by atoms with Crippen molar-refractivity contribution in [3.8, 4) is 6.07 Å². The number of imidazole rings is 1. The average Bonchev–Trinajstić information content (AvgIpc) is 2.98. The first-order valence-corrected chi connectivity index (χ1v) is 6.17. The number of nitrogens with zero attached hydrogens (tertiary/aromatic N) is 2. The molecule has 20 heavy (non-hydrogen) atoms. The Morgan fingerprint density at radius 3 is 2.80 bits per heavy atom. The Morgan fingerprint density at radius 1 is 1.45 bits per heavy atom. The maximum Gasteiger partial charge on any atom is 0.262 e. The van der Waals surface area contributed by atoms with E-state index in [0.29, 0.717) is 5.82 Å². The molecule has 0 aliphatic heterocycles. The van der Waals surface area contributed by atoms with E-state index in [1.165, 1.54) is 6.08 Å². The van der Waals surface area contributed by atoms with Crippen LogP contribution in [0.15, 0.2) is 48.3 Å². The Kier molecular flexibility index (Phi) is 4.30. The molecule has 5 nitrogen and oxygen atoms in total. The van der Waals surface area contributed by atoms with E-state index in [1.54, 1.807) is 12.4 Å². The summed E-state index contributed by atoms with van der Waals surface area (Å²) in [6, 6.07) is 11.3. The van der Waals surface area contributed by atoms with E-state index in [9.17, 15) is 4.79 Å². The summed E-state index contributed by atoms with van der Waals surface area (Å²) in [6.45, 7) is 1.87. The van der Waals surface area contributed by atoms with Gasteiger partial charge in [0.15, 0.2) is 0 Å². The average molecular weight is 266 g/mol. The van der Waals surface area contributed by atoms with Crippen LogP contribution < -0.4 is 5.32 Å². The Bertz CT molecular complexity index is 638. The lowest BCUT2D eigenvalue weighted by atomic mass is 10.1. The van der Waals surface area contributed by atoms with Gasteiger partial charge in [-0.3, -0.25) is 4.79 Å². The summed E-state index contributed by atoms with van der Waals surface area (Å²) in [4.78, 5) is 18.8. The van der Waals surface area contributed by atoms with E-state index >= 15 is 0 Å². The summed E-state index contributed by atoms with van der Waals surface area (Å²) in [5.41, 5.74) is 0.999. The van der Waals surface area contributed by atoms with E-state index in [0.717, 1.165) is 5.56 Å². The van der Waals surface area contributed by atoms with Gasteiger partial charge in [-0.15, -0.1) is 0 Å². The molecule has 0 bridgehead atoms. The van der Waals surface area contributed by atoms with Gasteiger partial charge in [0, 0.05) is 18.5 Å². The molecule has 1 aromatic heterocycles. The lowest BCUT2D eigenvalue weighted by Crippen LogP contribution is -2.27. The van der Waals surface area contributed by atoms with Crippen LogP contribution in [0.3, 0.4) is 0 Å². The molecule has 0 saturated heterocycles. The van der Waals surface area contributed by atoms with Crippen LogP contribution in [-0.4, -0.2) is 15.9 Å². The fourth-order valence-electron chi connectivity index (χ4n) is 1.74. The van der Waals surface area contributed by atoms with Gasteiger partial charge in [-0.1, -0.05) is 30.3 Å². The van der Waals surface area contributed by atoms with Crippen molar-refractivity contribution < 1.29 is 4.79 Å². The second-order valence-corrected chi connectivity index (χ2v) is 4.25. The zero-order valence-corrected chi connectivity index (χ0v) is 11.0. The van der Waals surface area contributed by atoms with Crippen LogP contribution in [0.1, 0.15) is 24.4 Å². The van der Waals surface area contributed by atoms with Crippen molar-refractivity contribution in [1.29, 1.82) is 5.26 Å². The van der Waals surface area contributed by atoms with Crippen molar-refractivity contribution in [2.45, 2.75) is 13.0 Å². The van der Waals surface area contributed by atoms with Gasteiger partial charge in [0.2, 0.25) is 0 Å². The molecule has 1 atom stereocenters. The van der Waals surface area contributed by atoms with Gasteiger partial charge in [0.05, 0.1) is 6.04 Å². The number of carbonyl (C=O) groups excluding carboxylic acids is 1. The topological polar surface area (TPSA) is 81.6 Å². The number of amides is 1.